The lowest BCUT2D eigenvalue weighted by molar-refractivity contribution is -0.138. The number of carboxylic acids is 1. The number of aliphatic carboxylic acids is 1. The van der Waals surface area contributed by atoms with Gasteiger partial charge < -0.3 is 20.1 Å². The van der Waals surface area contributed by atoms with Gasteiger partial charge in [-0.25, -0.2) is 0 Å². The molecule has 0 aromatic heterocycles. The molecule has 1 atom stereocenters. The Morgan fingerprint density at radius 3 is 2.56 bits per heavy atom. The normalized spacial score (nSPS) is 12.4. The highest BCUT2D eigenvalue weighted by Gasteiger charge is 2.12. The van der Waals surface area contributed by atoms with E-state index in [1.54, 1.807) is 14.0 Å². The molecule has 0 spiro atoms. The smallest absolute Gasteiger partial charge is 0.303 e. The lowest BCUT2D eigenvalue weighted by Crippen LogP contribution is -2.35. The Morgan fingerprint density at radius 2 is 2.00 bits per heavy atom. The van der Waals surface area contributed by atoms with Crippen LogP contribution in [0, 0.1) is 5.92 Å². The van der Waals surface area contributed by atoms with E-state index in [0.717, 1.165) is 13.1 Å². The van der Waals surface area contributed by atoms with Gasteiger partial charge in [-0.2, -0.15) is 0 Å². The third kappa shape index (κ3) is 10.0. The van der Waals surface area contributed by atoms with Crippen molar-refractivity contribution < 1.29 is 19.4 Å². The second-order valence-electron chi connectivity index (χ2n) is 4.55. The number of nitrogens with one attached hydrogen (secondary N) is 1. The van der Waals surface area contributed by atoms with Gasteiger partial charge in [0, 0.05) is 39.6 Å². The summed E-state index contributed by atoms with van der Waals surface area (Å²) in [6, 6.07) is 0. The summed E-state index contributed by atoms with van der Waals surface area (Å²) < 4.78 is 4.94. The van der Waals surface area contributed by atoms with Crippen molar-refractivity contribution in [3.63, 3.8) is 0 Å². The predicted octanol–water partition coefficient (Wildman–Crippen LogP) is 0.182. The molecular weight excluding hydrogens is 236 g/mol. The van der Waals surface area contributed by atoms with Crippen molar-refractivity contribution >= 4 is 11.9 Å². The van der Waals surface area contributed by atoms with Crippen molar-refractivity contribution in [1.29, 1.82) is 0 Å². The van der Waals surface area contributed by atoms with Crippen molar-refractivity contribution in [1.82, 2.24) is 10.2 Å². The fourth-order valence-corrected chi connectivity index (χ4v) is 1.50. The minimum Gasteiger partial charge on any atom is -0.481 e. The number of likely N-dealkylation sites (N-methyl/N-ethyl adjacent to an activating group) is 1. The average Bonchev–Trinajstić information content (AvgIpc) is 2.24. The first kappa shape index (κ1) is 16.9. The largest absolute Gasteiger partial charge is 0.481 e. The van der Waals surface area contributed by atoms with Crippen LogP contribution < -0.4 is 5.32 Å². The van der Waals surface area contributed by atoms with E-state index in [4.69, 9.17) is 9.84 Å². The van der Waals surface area contributed by atoms with Gasteiger partial charge in [0.2, 0.25) is 5.91 Å². The van der Waals surface area contributed by atoms with Crippen LogP contribution >= 0.6 is 0 Å². The molecule has 0 radical (unpaired) electrons. The summed E-state index contributed by atoms with van der Waals surface area (Å²) in [5.74, 6) is -1.09. The van der Waals surface area contributed by atoms with Crippen molar-refractivity contribution in [2.75, 3.05) is 40.4 Å². The molecule has 0 heterocycles. The molecule has 106 valence electrons. The van der Waals surface area contributed by atoms with E-state index >= 15 is 0 Å². The van der Waals surface area contributed by atoms with Crippen LogP contribution in [0.2, 0.25) is 0 Å². The number of carbonyl (C=O) groups excluding carboxylic acids is 1. The fourth-order valence-electron chi connectivity index (χ4n) is 1.50. The van der Waals surface area contributed by atoms with Crippen molar-refractivity contribution in [2.24, 2.45) is 5.92 Å². The Kier molecular flexibility index (Phi) is 9.22. The molecule has 6 nitrogen and oxygen atoms in total. The first-order valence-corrected chi connectivity index (χ1v) is 6.11. The Balaban J connectivity index is 3.61. The lowest BCUT2D eigenvalue weighted by atomic mass is 10.0. The molecule has 0 saturated carbocycles. The summed E-state index contributed by atoms with van der Waals surface area (Å²) in [6.07, 6.45) is 0.287. The summed E-state index contributed by atoms with van der Waals surface area (Å²) in [4.78, 5) is 24.0. The van der Waals surface area contributed by atoms with Gasteiger partial charge in [0.05, 0.1) is 6.61 Å². The van der Waals surface area contributed by atoms with E-state index in [0.29, 0.717) is 13.2 Å². The molecule has 0 aliphatic carbocycles. The number of nitrogens with zero attached hydrogens (tertiary/aromatic N) is 1. The third-order valence-electron chi connectivity index (χ3n) is 2.55. The van der Waals surface area contributed by atoms with Gasteiger partial charge in [0.1, 0.15) is 0 Å². The second kappa shape index (κ2) is 9.85. The molecule has 1 unspecified atom stereocenters. The Labute approximate surface area is 108 Å². The number of methoxy groups -OCH3 is 1. The number of carboxylic acid groups (broad SMARTS) is 1. The maximum atomic E-state index is 11.5. The van der Waals surface area contributed by atoms with Crippen LogP contribution in [0.15, 0.2) is 0 Å². The maximum absolute atomic E-state index is 11.5. The molecule has 0 aliphatic rings. The molecule has 1 amide bonds. The topological polar surface area (TPSA) is 78.9 Å². The Hall–Kier alpha value is -1.14. The number of amides is 1. The minimum atomic E-state index is -0.866. The monoisotopic (exact) mass is 260 g/mol. The molecule has 6 heteroatoms. The number of ether oxygens (including phenoxy) is 1. The van der Waals surface area contributed by atoms with Gasteiger partial charge in [-0.15, -0.1) is 0 Å². The highest BCUT2D eigenvalue weighted by atomic mass is 16.5. The molecule has 0 bridgehead atoms. The molecule has 2 N–H and O–H groups in total. The zero-order valence-electron chi connectivity index (χ0n) is 11.4. The van der Waals surface area contributed by atoms with Gasteiger partial charge in [-0.05, 0) is 13.0 Å². The summed E-state index contributed by atoms with van der Waals surface area (Å²) in [5, 5.41) is 11.4. The zero-order chi connectivity index (χ0) is 14.0. The average molecular weight is 260 g/mol. The van der Waals surface area contributed by atoms with Crippen LogP contribution in [-0.2, 0) is 14.3 Å². The van der Waals surface area contributed by atoms with Crippen LogP contribution in [0.1, 0.15) is 19.8 Å². The van der Waals surface area contributed by atoms with Crippen molar-refractivity contribution in [3.8, 4) is 0 Å². The Morgan fingerprint density at radius 1 is 1.33 bits per heavy atom. The molecule has 0 aliphatic heterocycles. The molecule has 18 heavy (non-hydrogen) atoms. The summed E-state index contributed by atoms with van der Waals surface area (Å²) in [5.41, 5.74) is 0. The van der Waals surface area contributed by atoms with Crippen molar-refractivity contribution in [3.05, 3.63) is 0 Å². The van der Waals surface area contributed by atoms with Crippen LogP contribution in [0.3, 0.4) is 0 Å². The second-order valence-corrected chi connectivity index (χ2v) is 4.55. The predicted molar refractivity (Wildman–Crippen MR) is 68.4 cm³/mol. The molecule has 0 fully saturated rings. The van der Waals surface area contributed by atoms with Crippen LogP contribution in [0.4, 0.5) is 0 Å². The van der Waals surface area contributed by atoms with E-state index in [1.165, 1.54) is 0 Å². The maximum Gasteiger partial charge on any atom is 0.303 e. The zero-order valence-corrected chi connectivity index (χ0v) is 11.4. The molecule has 0 aromatic carbocycles. The Bertz CT molecular complexity index is 258. The minimum absolute atomic E-state index is 0.0289. The van der Waals surface area contributed by atoms with Gasteiger partial charge in [0.25, 0.3) is 0 Å². The SMILES string of the molecule is COCCN(C)CCNC(=O)CC(C)CC(=O)O. The van der Waals surface area contributed by atoms with Crippen LogP contribution in [-0.4, -0.2) is 62.3 Å². The summed E-state index contributed by atoms with van der Waals surface area (Å²) >= 11 is 0. The van der Waals surface area contributed by atoms with E-state index < -0.39 is 5.97 Å². The van der Waals surface area contributed by atoms with E-state index in [9.17, 15) is 9.59 Å². The van der Waals surface area contributed by atoms with Gasteiger partial charge in [-0.3, -0.25) is 9.59 Å². The standard InChI is InChI=1S/C12H24N2O4/c1-10(9-12(16)17)8-11(15)13-4-5-14(2)6-7-18-3/h10H,4-9H2,1-3H3,(H,13,15)(H,16,17). The molecule has 0 rings (SSSR count). The van der Waals surface area contributed by atoms with Gasteiger partial charge in [-0.1, -0.05) is 6.92 Å². The number of rotatable bonds is 10. The van der Waals surface area contributed by atoms with Gasteiger partial charge >= 0.3 is 5.97 Å². The highest BCUT2D eigenvalue weighted by molar-refractivity contribution is 5.77. The quantitative estimate of drug-likeness (QED) is 0.586. The number of hydrogen-bond acceptors (Lipinski definition) is 4. The highest BCUT2D eigenvalue weighted by Crippen LogP contribution is 2.06. The molecular formula is C12H24N2O4. The fraction of sp³-hybridized carbons (Fsp3) is 0.833. The van der Waals surface area contributed by atoms with E-state index in [-0.39, 0.29) is 24.7 Å². The van der Waals surface area contributed by atoms with Crippen molar-refractivity contribution in [2.45, 2.75) is 19.8 Å². The summed E-state index contributed by atoms with van der Waals surface area (Å²) in [6.45, 7) is 4.57. The van der Waals surface area contributed by atoms with Crippen LogP contribution in [0.25, 0.3) is 0 Å². The molecule has 0 saturated heterocycles. The van der Waals surface area contributed by atoms with Crippen LogP contribution in [0.5, 0.6) is 0 Å². The van der Waals surface area contributed by atoms with E-state index in [2.05, 4.69) is 10.2 Å². The lowest BCUT2D eigenvalue weighted by Gasteiger charge is -2.16. The first-order chi connectivity index (χ1) is 8.45. The van der Waals surface area contributed by atoms with Gasteiger partial charge in [0.15, 0.2) is 0 Å². The summed E-state index contributed by atoms with van der Waals surface area (Å²) in [7, 11) is 3.61. The number of carbonyl (C=O) groups is 2. The molecule has 0 aromatic rings. The number of hydrogen-bond donors (Lipinski definition) is 2. The first-order valence-electron chi connectivity index (χ1n) is 6.11. The third-order valence-corrected chi connectivity index (χ3v) is 2.55. The van der Waals surface area contributed by atoms with E-state index in [1.807, 2.05) is 7.05 Å².